The van der Waals surface area contributed by atoms with Crippen molar-refractivity contribution >= 4 is 37.9 Å². The number of hydrogen-bond donors (Lipinski definition) is 1. The van der Waals surface area contributed by atoms with Gasteiger partial charge in [-0.05, 0) is 41.8 Å². The molecule has 1 fully saturated rings. The second-order valence-corrected chi connectivity index (χ2v) is 7.34. The van der Waals surface area contributed by atoms with Gasteiger partial charge in [-0.3, -0.25) is 0 Å². The number of nitrogen functional groups attached to an aromatic ring is 1. The van der Waals surface area contributed by atoms with Crippen molar-refractivity contribution < 1.29 is 0 Å². The molecule has 0 aliphatic heterocycles. The van der Waals surface area contributed by atoms with Gasteiger partial charge in [0.15, 0.2) is 0 Å². The third kappa shape index (κ3) is 1.95. The molecule has 0 bridgehead atoms. The van der Waals surface area contributed by atoms with E-state index in [-0.39, 0.29) is 0 Å². The van der Waals surface area contributed by atoms with Crippen LogP contribution in [0.1, 0.15) is 37.2 Å². The highest BCUT2D eigenvalue weighted by atomic mass is 32.1. The summed E-state index contributed by atoms with van der Waals surface area (Å²) in [4.78, 5) is 4.79. The van der Waals surface area contributed by atoms with Crippen molar-refractivity contribution in [3.8, 4) is 10.6 Å². The number of nitrogens with two attached hydrogens (primary N) is 1. The summed E-state index contributed by atoms with van der Waals surface area (Å²) in [5.41, 5.74) is 9.97. The first-order chi connectivity index (χ1) is 9.83. The van der Waals surface area contributed by atoms with Crippen LogP contribution in [0.25, 0.3) is 20.8 Å². The van der Waals surface area contributed by atoms with Crippen molar-refractivity contribution in [1.29, 1.82) is 0 Å². The van der Waals surface area contributed by atoms with E-state index in [4.69, 9.17) is 10.7 Å². The molecule has 20 heavy (non-hydrogen) atoms. The van der Waals surface area contributed by atoms with Crippen LogP contribution in [-0.4, -0.2) is 4.98 Å². The summed E-state index contributed by atoms with van der Waals surface area (Å²) >= 11 is 3.42. The summed E-state index contributed by atoms with van der Waals surface area (Å²) in [6.45, 7) is 0. The van der Waals surface area contributed by atoms with Crippen molar-refractivity contribution in [3.63, 3.8) is 0 Å². The number of hydrogen-bond acceptors (Lipinski definition) is 4. The maximum Gasteiger partial charge on any atom is 0.127 e. The van der Waals surface area contributed by atoms with E-state index in [1.807, 2.05) is 6.07 Å². The van der Waals surface area contributed by atoms with Gasteiger partial charge in [-0.25, -0.2) is 4.98 Å². The van der Waals surface area contributed by atoms with Crippen molar-refractivity contribution in [2.75, 3.05) is 5.73 Å². The van der Waals surface area contributed by atoms with Crippen molar-refractivity contribution in [2.45, 2.75) is 31.6 Å². The maximum atomic E-state index is 6.25. The Labute approximate surface area is 126 Å². The SMILES string of the molecule is Nc1scc(C2CCCC2)c1-c1nc2ccccc2s1. The number of fused-ring (bicyclic) bond motifs is 1. The first kappa shape index (κ1) is 12.4. The second-order valence-electron chi connectivity index (χ2n) is 5.40. The Hall–Kier alpha value is -1.39. The topological polar surface area (TPSA) is 38.9 Å². The van der Waals surface area contributed by atoms with Crippen LogP contribution in [0.3, 0.4) is 0 Å². The van der Waals surface area contributed by atoms with E-state index < -0.39 is 0 Å². The number of thiophene rings is 1. The van der Waals surface area contributed by atoms with Gasteiger partial charge < -0.3 is 5.73 Å². The van der Waals surface area contributed by atoms with Gasteiger partial charge in [0.2, 0.25) is 0 Å². The van der Waals surface area contributed by atoms with Gasteiger partial charge in [0.1, 0.15) is 5.01 Å². The van der Waals surface area contributed by atoms with Crippen LogP contribution in [0.4, 0.5) is 5.00 Å². The Morgan fingerprint density at radius 2 is 1.95 bits per heavy atom. The Kier molecular flexibility index (Phi) is 3.00. The van der Waals surface area contributed by atoms with Crippen LogP contribution in [0.5, 0.6) is 0 Å². The molecule has 1 aliphatic rings. The fourth-order valence-corrected chi connectivity index (χ4v) is 5.14. The zero-order valence-corrected chi connectivity index (χ0v) is 12.8. The molecule has 2 N–H and O–H groups in total. The van der Waals surface area contributed by atoms with Gasteiger partial charge in [0, 0.05) is 5.56 Å². The van der Waals surface area contributed by atoms with E-state index in [1.54, 1.807) is 22.7 Å². The lowest BCUT2D eigenvalue weighted by atomic mass is 9.97. The largest absolute Gasteiger partial charge is 0.390 e. The van der Waals surface area contributed by atoms with E-state index >= 15 is 0 Å². The molecule has 4 rings (SSSR count). The van der Waals surface area contributed by atoms with Gasteiger partial charge in [-0.15, -0.1) is 22.7 Å². The predicted molar refractivity (Wildman–Crippen MR) is 88.6 cm³/mol. The lowest BCUT2D eigenvalue weighted by Crippen LogP contribution is -1.94. The minimum Gasteiger partial charge on any atom is -0.390 e. The van der Waals surface area contributed by atoms with E-state index in [2.05, 4.69) is 23.6 Å². The smallest absolute Gasteiger partial charge is 0.127 e. The van der Waals surface area contributed by atoms with Crippen LogP contribution in [0, 0.1) is 0 Å². The third-order valence-corrected chi connectivity index (χ3v) is 6.03. The van der Waals surface area contributed by atoms with Gasteiger partial charge in [-0.1, -0.05) is 25.0 Å². The summed E-state index contributed by atoms with van der Waals surface area (Å²) in [5.74, 6) is 0.686. The van der Waals surface area contributed by atoms with Crippen molar-refractivity contribution in [2.24, 2.45) is 0 Å². The first-order valence-electron chi connectivity index (χ1n) is 7.06. The van der Waals surface area contributed by atoms with E-state index in [9.17, 15) is 0 Å². The Morgan fingerprint density at radius 1 is 1.15 bits per heavy atom. The quantitative estimate of drug-likeness (QED) is 0.700. The summed E-state index contributed by atoms with van der Waals surface area (Å²) in [5, 5.41) is 4.27. The van der Waals surface area contributed by atoms with Gasteiger partial charge >= 0.3 is 0 Å². The number of aromatic nitrogens is 1. The Balaban J connectivity index is 1.86. The lowest BCUT2D eigenvalue weighted by Gasteiger charge is -2.09. The maximum absolute atomic E-state index is 6.25. The number of rotatable bonds is 2. The molecule has 102 valence electrons. The van der Waals surface area contributed by atoms with E-state index in [0.717, 1.165) is 15.5 Å². The number of anilines is 1. The van der Waals surface area contributed by atoms with Gasteiger partial charge in [0.05, 0.1) is 15.2 Å². The zero-order chi connectivity index (χ0) is 13.5. The summed E-state index contributed by atoms with van der Waals surface area (Å²) in [6, 6.07) is 8.32. The average Bonchev–Trinajstić information content (AvgIpc) is 3.16. The second kappa shape index (κ2) is 4.86. The zero-order valence-electron chi connectivity index (χ0n) is 11.1. The predicted octanol–water partition coefficient (Wildman–Crippen LogP) is 5.26. The number of benzene rings is 1. The molecule has 1 aliphatic carbocycles. The number of para-hydroxylation sites is 1. The number of nitrogens with zero attached hydrogens (tertiary/aromatic N) is 1. The van der Waals surface area contributed by atoms with Crippen LogP contribution < -0.4 is 5.73 Å². The molecule has 0 spiro atoms. The summed E-state index contributed by atoms with van der Waals surface area (Å²) in [7, 11) is 0. The fraction of sp³-hybridized carbons (Fsp3) is 0.312. The molecule has 0 amide bonds. The van der Waals surface area contributed by atoms with E-state index in [1.165, 1.54) is 41.5 Å². The molecule has 0 atom stereocenters. The first-order valence-corrected chi connectivity index (χ1v) is 8.75. The van der Waals surface area contributed by atoms with Gasteiger partial charge in [-0.2, -0.15) is 0 Å². The Morgan fingerprint density at radius 3 is 2.75 bits per heavy atom. The van der Waals surface area contributed by atoms with Gasteiger partial charge in [0.25, 0.3) is 0 Å². The van der Waals surface area contributed by atoms with E-state index in [0.29, 0.717) is 5.92 Å². The van der Waals surface area contributed by atoms with Crippen molar-refractivity contribution in [3.05, 3.63) is 35.2 Å². The molecule has 3 aromatic rings. The minimum absolute atomic E-state index is 0.686. The van der Waals surface area contributed by atoms with Crippen LogP contribution in [-0.2, 0) is 0 Å². The standard InChI is InChI=1S/C16H16N2S2/c17-15-14(11(9-19-15)10-5-1-2-6-10)16-18-12-7-3-4-8-13(12)20-16/h3-4,7-10H,1-2,5-6,17H2. The highest BCUT2D eigenvalue weighted by Gasteiger charge is 2.24. The molecule has 2 nitrogen and oxygen atoms in total. The molecule has 1 aromatic carbocycles. The summed E-state index contributed by atoms with van der Waals surface area (Å²) < 4.78 is 1.24. The molecule has 1 saturated carbocycles. The molecule has 2 heterocycles. The highest BCUT2D eigenvalue weighted by Crippen LogP contribution is 2.46. The molecular formula is C16H16N2S2. The normalized spacial score (nSPS) is 16.2. The Bertz CT molecular complexity index is 718. The van der Waals surface area contributed by atoms with Crippen LogP contribution >= 0.6 is 22.7 Å². The van der Waals surface area contributed by atoms with Crippen LogP contribution in [0.2, 0.25) is 0 Å². The molecule has 0 saturated heterocycles. The number of thiazole rings is 1. The van der Waals surface area contributed by atoms with Crippen LogP contribution in [0.15, 0.2) is 29.6 Å². The monoisotopic (exact) mass is 300 g/mol. The summed E-state index contributed by atoms with van der Waals surface area (Å²) in [6.07, 6.45) is 5.29. The minimum atomic E-state index is 0.686. The molecule has 0 radical (unpaired) electrons. The molecule has 2 aromatic heterocycles. The molecule has 4 heteroatoms. The highest BCUT2D eigenvalue weighted by molar-refractivity contribution is 7.22. The van der Waals surface area contributed by atoms with Crippen molar-refractivity contribution in [1.82, 2.24) is 4.98 Å². The molecular weight excluding hydrogens is 284 g/mol. The fourth-order valence-electron chi connectivity index (χ4n) is 3.13. The average molecular weight is 300 g/mol. The lowest BCUT2D eigenvalue weighted by molar-refractivity contribution is 0.728. The molecule has 0 unspecified atom stereocenters. The third-order valence-electron chi connectivity index (χ3n) is 4.15.